The van der Waals surface area contributed by atoms with E-state index in [1.165, 1.54) is 6.21 Å². The van der Waals surface area contributed by atoms with E-state index >= 15 is 0 Å². The van der Waals surface area contributed by atoms with Gasteiger partial charge in [0.15, 0.2) is 0 Å². The SMILES string of the molecule is CC.Cc1ccn(C/N=C(Cl)\C(=C/C(C)C=N)c2ccccc2)n1. The van der Waals surface area contributed by atoms with E-state index in [4.69, 9.17) is 17.0 Å². The van der Waals surface area contributed by atoms with Gasteiger partial charge in [-0.05, 0) is 18.6 Å². The van der Waals surface area contributed by atoms with Crippen molar-refractivity contribution in [2.75, 3.05) is 0 Å². The van der Waals surface area contributed by atoms with Crippen LogP contribution in [-0.4, -0.2) is 21.2 Å². The number of rotatable bonds is 6. The second kappa shape index (κ2) is 10.6. The fraction of sp³-hybridized carbons (Fsp3) is 0.316. The summed E-state index contributed by atoms with van der Waals surface area (Å²) in [6.45, 7) is 8.25. The van der Waals surface area contributed by atoms with E-state index < -0.39 is 0 Å². The first-order chi connectivity index (χ1) is 11.6. The van der Waals surface area contributed by atoms with Crippen LogP contribution in [0.3, 0.4) is 0 Å². The lowest BCUT2D eigenvalue weighted by molar-refractivity contribution is 0.636. The fourth-order valence-corrected chi connectivity index (χ4v) is 2.20. The first kappa shape index (κ1) is 19.8. The highest BCUT2D eigenvalue weighted by Crippen LogP contribution is 2.20. The van der Waals surface area contributed by atoms with Crippen molar-refractivity contribution in [2.45, 2.75) is 34.4 Å². The summed E-state index contributed by atoms with van der Waals surface area (Å²) in [4.78, 5) is 4.41. The van der Waals surface area contributed by atoms with E-state index in [0.29, 0.717) is 11.8 Å². The molecule has 1 aromatic carbocycles. The van der Waals surface area contributed by atoms with E-state index in [1.54, 1.807) is 4.68 Å². The molecule has 5 heteroatoms. The smallest absolute Gasteiger partial charge is 0.133 e. The van der Waals surface area contributed by atoms with Crippen molar-refractivity contribution in [1.82, 2.24) is 9.78 Å². The molecule has 2 aromatic rings. The summed E-state index contributed by atoms with van der Waals surface area (Å²) in [7, 11) is 0. The Hall–Kier alpha value is -2.20. The largest absolute Gasteiger partial charge is 0.313 e. The third-order valence-electron chi connectivity index (χ3n) is 3.13. The number of nitrogens with one attached hydrogen (secondary N) is 1. The van der Waals surface area contributed by atoms with Gasteiger partial charge in [0.2, 0.25) is 0 Å². The van der Waals surface area contributed by atoms with Gasteiger partial charge in [-0.15, -0.1) is 0 Å². The average molecular weight is 345 g/mol. The Balaban J connectivity index is 0.00000139. The van der Waals surface area contributed by atoms with Crippen LogP contribution >= 0.6 is 11.6 Å². The standard InChI is InChI=1S/C17H19ClN4.C2H6/c1-13(11-19)10-16(15-6-4-3-5-7-15)17(18)20-12-22-9-8-14(2)21-22;1-2/h3-11,13,19H,12H2,1-2H3;1-2H3/b16-10-,19-11?,20-17+;. The Kier molecular flexibility index (Phi) is 8.72. The summed E-state index contributed by atoms with van der Waals surface area (Å²) in [6.07, 6.45) is 5.20. The molecule has 1 atom stereocenters. The van der Waals surface area contributed by atoms with Crippen molar-refractivity contribution in [3.8, 4) is 0 Å². The van der Waals surface area contributed by atoms with Crippen LogP contribution in [0.5, 0.6) is 0 Å². The first-order valence-electron chi connectivity index (χ1n) is 8.08. The molecule has 4 nitrogen and oxygen atoms in total. The van der Waals surface area contributed by atoms with E-state index in [0.717, 1.165) is 16.8 Å². The lowest BCUT2D eigenvalue weighted by Gasteiger charge is -2.08. The van der Waals surface area contributed by atoms with Crippen LogP contribution in [0.2, 0.25) is 0 Å². The summed E-state index contributed by atoms with van der Waals surface area (Å²) in [5.41, 5.74) is 2.77. The van der Waals surface area contributed by atoms with Gasteiger partial charge in [0.1, 0.15) is 11.8 Å². The minimum Gasteiger partial charge on any atom is -0.313 e. The topological polar surface area (TPSA) is 54.0 Å². The Morgan fingerprint density at radius 2 is 1.96 bits per heavy atom. The number of aryl methyl sites for hydroxylation is 1. The van der Waals surface area contributed by atoms with Crippen LogP contribution in [0.15, 0.2) is 53.7 Å². The van der Waals surface area contributed by atoms with Crippen LogP contribution < -0.4 is 0 Å². The van der Waals surface area contributed by atoms with Gasteiger partial charge >= 0.3 is 0 Å². The zero-order valence-corrected chi connectivity index (χ0v) is 15.5. The van der Waals surface area contributed by atoms with E-state index in [2.05, 4.69) is 10.1 Å². The van der Waals surface area contributed by atoms with Gasteiger partial charge < -0.3 is 5.41 Å². The zero-order chi connectivity index (χ0) is 17.9. The maximum absolute atomic E-state index is 7.38. The van der Waals surface area contributed by atoms with Gasteiger partial charge in [-0.25, -0.2) is 4.99 Å². The van der Waals surface area contributed by atoms with E-state index in [-0.39, 0.29) is 5.92 Å². The molecule has 0 spiro atoms. The first-order valence-corrected chi connectivity index (χ1v) is 8.46. The van der Waals surface area contributed by atoms with Crippen molar-refractivity contribution < 1.29 is 0 Å². The van der Waals surface area contributed by atoms with Gasteiger partial charge in [0, 0.05) is 23.9 Å². The van der Waals surface area contributed by atoms with Crippen LogP contribution in [0.1, 0.15) is 32.0 Å². The molecule has 1 heterocycles. The minimum atomic E-state index is -0.00824. The zero-order valence-electron chi connectivity index (χ0n) is 14.7. The van der Waals surface area contributed by atoms with Gasteiger partial charge in [0.05, 0.1) is 5.69 Å². The molecule has 1 N–H and O–H groups in total. The molecular weight excluding hydrogens is 320 g/mol. The number of aliphatic imine (C=N–C) groups is 1. The highest BCUT2D eigenvalue weighted by Gasteiger charge is 2.09. The number of hydrogen-bond donors (Lipinski definition) is 1. The Labute approximate surface area is 149 Å². The molecule has 1 unspecified atom stereocenters. The Morgan fingerprint density at radius 3 is 2.50 bits per heavy atom. The molecular formula is C19H25ClN4. The summed E-state index contributed by atoms with van der Waals surface area (Å²) in [5, 5.41) is 12.1. The Morgan fingerprint density at radius 1 is 1.29 bits per heavy atom. The third kappa shape index (κ3) is 6.13. The lowest BCUT2D eigenvalue weighted by atomic mass is 10.0. The van der Waals surface area contributed by atoms with Gasteiger partial charge in [-0.2, -0.15) is 5.10 Å². The van der Waals surface area contributed by atoms with Gasteiger partial charge in [0.25, 0.3) is 0 Å². The Bertz CT molecular complexity index is 686. The molecule has 0 amide bonds. The monoisotopic (exact) mass is 344 g/mol. The van der Waals surface area contributed by atoms with Crippen molar-refractivity contribution in [1.29, 1.82) is 5.41 Å². The molecule has 24 heavy (non-hydrogen) atoms. The normalized spacial score (nSPS) is 13.0. The number of benzene rings is 1. The fourth-order valence-electron chi connectivity index (χ4n) is 1.97. The van der Waals surface area contributed by atoms with Gasteiger partial charge in [-0.1, -0.05) is 68.8 Å². The molecule has 0 aliphatic heterocycles. The lowest BCUT2D eigenvalue weighted by Crippen LogP contribution is -2.03. The highest BCUT2D eigenvalue weighted by molar-refractivity contribution is 6.76. The summed E-state index contributed by atoms with van der Waals surface area (Å²) >= 11 is 6.40. The van der Waals surface area contributed by atoms with Crippen LogP contribution in [0.25, 0.3) is 5.57 Å². The molecule has 2 rings (SSSR count). The molecule has 128 valence electrons. The minimum absolute atomic E-state index is 0.00824. The molecule has 0 saturated carbocycles. The number of hydrogen-bond acceptors (Lipinski definition) is 3. The highest BCUT2D eigenvalue weighted by atomic mass is 35.5. The van der Waals surface area contributed by atoms with Gasteiger partial charge in [-0.3, -0.25) is 4.68 Å². The van der Waals surface area contributed by atoms with Crippen LogP contribution in [-0.2, 0) is 6.67 Å². The van der Waals surface area contributed by atoms with Crippen molar-refractivity contribution in [2.24, 2.45) is 10.9 Å². The molecule has 0 saturated heterocycles. The summed E-state index contributed by atoms with van der Waals surface area (Å²) < 4.78 is 1.74. The number of allylic oxidation sites excluding steroid dienone is 2. The van der Waals surface area contributed by atoms with Crippen molar-refractivity contribution in [3.63, 3.8) is 0 Å². The molecule has 1 aromatic heterocycles. The van der Waals surface area contributed by atoms with E-state index in [9.17, 15) is 0 Å². The molecule has 0 radical (unpaired) electrons. The molecule has 0 aliphatic rings. The molecule has 0 fully saturated rings. The second-order valence-electron chi connectivity index (χ2n) is 5.06. The summed E-state index contributed by atoms with van der Waals surface area (Å²) in [5.74, 6) is -0.00824. The van der Waals surface area contributed by atoms with Crippen molar-refractivity contribution in [3.05, 3.63) is 59.9 Å². The number of halogens is 1. The van der Waals surface area contributed by atoms with Crippen molar-refractivity contribution >= 4 is 28.6 Å². The van der Waals surface area contributed by atoms with Crippen LogP contribution in [0.4, 0.5) is 0 Å². The average Bonchev–Trinajstić information content (AvgIpc) is 3.05. The molecule has 0 bridgehead atoms. The maximum atomic E-state index is 7.38. The summed E-state index contributed by atoms with van der Waals surface area (Å²) in [6, 6.07) is 11.8. The maximum Gasteiger partial charge on any atom is 0.133 e. The van der Waals surface area contributed by atoms with E-state index in [1.807, 2.05) is 76.4 Å². The number of nitrogens with zero attached hydrogens (tertiary/aromatic N) is 3. The predicted octanol–water partition coefficient (Wildman–Crippen LogP) is 5.18. The number of aromatic nitrogens is 2. The quantitative estimate of drug-likeness (QED) is 0.721. The molecule has 0 aliphatic carbocycles. The second-order valence-corrected chi connectivity index (χ2v) is 5.42. The van der Waals surface area contributed by atoms with Crippen LogP contribution in [0, 0.1) is 18.3 Å². The third-order valence-corrected chi connectivity index (χ3v) is 3.45. The predicted molar refractivity (Wildman–Crippen MR) is 104 cm³/mol.